The molecule has 0 saturated carbocycles. The Morgan fingerprint density at radius 1 is 0.968 bits per heavy atom. The molecule has 1 aliphatic heterocycles. The number of benzene rings is 3. The van der Waals surface area contributed by atoms with E-state index in [0.29, 0.717) is 22.5 Å². The van der Waals surface area contributed by atoms with Crippen LogP contribution in [-0.2, 0) is 0 Å². The van der Waals surface area contributed by atoms with E-state index in [9.17, 15) is 14.9 Å². The van der Waals surface area contributed by atoms with Crippen LogP contribution in [-0.4, -0.2) is 4.92 Å². The van der Waals surface area contributed by atoms with Crippen LogP contribution in [0.1, 0.15) is 28.8 Å². The lowest BCUT2D eigenvalue weighted by molar-refractivity contribution is -0.385. The van der Waals surface area contributed by atoms with Crippen LogP contribution in [0.4, 0.5) is 11.4 Å². The summed E-state index contributed by atoms with van der Waals surface area (Å²) in [6.45, 7) is 1.95. The van der Waals surface area contributed by atoms with Gasteiger partial charge < -0.3 is 14.5 Å². The summed E-state index contributed by atoms with van der Waals surface area (Å²) in [5.41, 5.74) is 2.73. The third-order valence-corrected chi connectivity index (χ3v) is 5.46. The molecule has 0 amide bonds. The second kappa shape index (κ2) is 7.28. The zero-order valence-electron chi connectivity index (χ0n) is 16.6. The Kier molecular flexibility index (Phi) is 4.43. The maximum absolute atomic E-state index is 12.3. The first kappa shape index (κ1) is 18.9. The Bertz CT molecular complexity index is 1380. The lowest BCUT2D eigenvalue weighted by atomic mass is 9.91. The predicted molar refractivity (Wildman–Crippen MR) is 116 cm³/mol. The van der Waals surface area contributed by atoms with Gasteiger partial charge >= 0.3 is 5.63 Å². The average Bonchev–Trinajstić information content (AvgIpc) is 2.78. The summed E-state index contributed by atoms with van der Waals surface area (Å²) < 4.78 is 11.7. The summed E-state index contributed by atoms with van der Waals surface area (Å²) in [7, 11) is 0. The fourth-order valence-corrected chi connectivity index (χ4v) is 4.07. The van der Waals surface area contributed by atoms with Crippen LogP contribution < -0.4 is 15.7 Å². The fourth-order valence-electron chi connectivity index (χ4n) is 4.07. The van der Waals surface area contributed by atoms with E-state index in [-0.39, 0.29) is 5.69 Å². The second-order valence-corrected chi connectivity index (χ2v) is 7.49. The number of ether oxygens (including phenoxy) is 1. The smallest absolute Gasteiger partial charge is 0.336 e. The molecule has 0 fully saturated rings. The molecule has 7 heteroatoms. The Balaban J connectivity index is 1.76. The van der Waals surface area contributed by atoms with Gasteiger partial charge in [0.2, 0.25) is 0 Å². The molecule has 2 atom stereocenters. The van der Waals surface area contributed by atoms with Gasteiger partial charge in [0.05, 0.1) is 22.2 Å². The summed E-state index contributed by atoms with van der Waals surface area (Å²) in [6.07, 6.45) is -0.690. The van der Waals surface area contributed by atoms with Crippen molar-refractivity contribution in [3.8, 4) is 5.75 Å². The monoisotopic (exact) mass is 414 g/mol. The highest BCUT2D eigenvalue weighted by Crippen LogP contribution is 2.46. The number of aryl methyl sites for hydroxylation is 1. The highest BCUT2D eigenvalue weighted by atomic mass is 16.6. The summed E-state index contributed by atoms with van der Waals surface area (Å²) in [6, 6.07) is 20.3. The van der Waals surface area contributed by atoms with E-state index in [1.165, 1.54) is 12.1 Å². The maximum Gasteiger partial charge on any atom is 0.336 e. The Labute approximate surface area is 177 Å². The molecule has 0 radical (unpaired) electrons. The normalized spacial score (nSPS) is 17.5. The summed E-state index contributed by atoms with van der Waals surface area (Å²) in [5.74, 6) is 0.608. The first-order valence-electron chi connectivity index (χ1n) is 9.81. The molecule has 7 nitrogen and oxygen atoms in total. The Morgan fingerprint density at radius 2 is 1.74 bits per heavy atom. The third-order valence-electron chi connectivity index (χ3n) is 5.46. The molecule has 0 saturated heterocycles. The van der Waals surface area contributed by atoms with Gasteiger partial charge in [-0.15, -0.1) is 0 Å². The molecule has 4 aromatic rings. The number of anilines is 1. The largest absolute Gasteiger partial charge is 0.481 e. The van der Waals surface area contributed by atoms with Crippen molar-refractivity contribution in [1.82, 2.24) is 0 Å². The molecular formula is C24H18N2O5. The van der Waals surface area contributed by atoms with E-state index in [0.717, 1.165) is 16.6 Å². The fraction of sp³-hybridized carbons (Fsp3) is 0.125. The van der Waals surface area contributed by atoms with Crippen molar-refractivity contribution in [2.75, 3.05) is 5.32 Å². The van der Waals surface area contributed by atoms with Crippen molar-refractivity contribution in [3.63, 3.8) is 0 Å². The van der Waals surface area contributed by atoms with Crippen LogP contribution in [0.15, 0.2) is 82.0 Å². The molecule has 0 aliphatic carbocycles. The van der Waals surface area contributed by atoms with Gasteiger partial charge in [0.25, 0.3) is 5.69 Å². The van der Waals surface area contributed by atoms with Gasteiger partial charge in [-0.05, 0) is 37.3 Å². The molecule has 5 rings (SSSR count). The first-order chi connectivity index (χ1) is 15.0. The number of nitro groups is 1. The molecule has 2 heterocycles. The van der Waals surface area contributed by atoms with E-state index >= 15 is 0 Å². The van der Waals surface area contributed by atoms with E-state index < -0.39 is 22.7 Å². The third kappa shape index (κ3) is 3.30. The minimum Gasteiger partial charge on any atom is -0.481 e. The van der Waals surface area contributed by atoms with E-state index in [1.54, 1.807) is 24.3 Å². The highest BCUT2D eigenvalue weighted by molar-refractivity contribution is 5.82. The van der Waals surface area contributed by atoms with Gasteiger partial charge in [-0.3, -0.25) is 10.1 Å². The van der Waals surface area contributed by atoms with Crippen LogP contribution in [0.5, 0.6) is 5.75 Å². The molecule has 0 bridgehead atoms. The van der Waals surface area contributed by atoms with Crippen molar-refractivity contribution in [1.29, 1.82) is 0 Å². The van der Waals surface area contributed by atoms with Crippen LogP contribution >= 0.6 is 0 Å². The first-order valence-corrected chi connectivity index (χ1v) is 9.81. The quantitative estimate of drug-likeness (QED) is 0.278. The molecule has 0 unspecified atom stereocenters. The minimum atomic E-state index is -0.690. The molecule has 1 N–H and O–H groups in total. The van der Waals surface area contributed by atoms with E-state index in [2.05, 4.69) is 5.32 Å². The van der Waals surface area contributed by atoms with E-state index in [4.69, 9.17) is 9.15 Å². The number of nitro benzene ring substituents is 1. The number of hydrogen-bond acceptors (Lipinski definition) is 6. The number of fused-ring (bicyclic) bond motifs is 2. The van der Waals surface area contributed by atoms with Gasteiger partial charge in [0, 0.05) is 23.1 Å². The highest BCUT2D eigenvalue weighted by Gasteiger charge is 2.37. The molecule has 1 aliphatic rings. The summed E-state index contributed by atoms with van der Waals surface area (Å²) >= 11 is 0. The minimum absolute atomic E-state index is 0.0172. The Hall–Kier alpha value is -4.13. The Morgan fingerprint density at radius 3 is 2.58 bits per heavy atom. The topological polar surface area (TPSA) is 94.6 Å². The number of para-hydroxylation sites is 3. The van der Waals surface area contributed by atoms with Crippen molar-refractivity contribution in [2.45, 2.75) is 19.1 Å². The number of nitrogens with zero attached hydrogens (tertiary/aromatic N) is 1. The predicted octanol–water partition coefficient (Wildman–Crippen LogP) is 5.30. The summed E-state index contributed by atoms with van der Waals surface area (Å²) in [5, 5.41) is 15.9. The SMILES string of the molecule is Cc1ccc2oc(=O)cc([C@H]3Oc4ccccc4N[C@H]3c3ccccc3[N+](=O)[O-])c2c1. The number of nitrogens with one attached hydrogen (secondary N) is 1. The lowest BCUT2D eigenvalue weighted by Crippen LogP contribution is -2.29. The van der Waals surface area contributed by atoms with Crippen molar-refractivity contribution < 1.29 is 14.1 Å². The van der Waals surface area contributed by atoms with Gasteiger partial charge in [-0.2, -0.15) is 0 Å². The van der Waals surface area contributed by atoms with Gasteiger partial charge in [-0.1, -0.05) is 35.9 Å². The van der Waals surface area contributed by atoms with Crippen molar-refractivity contribution in [2.24, 2.45) is 0 Å². The second-order valence-electron chi connectivity index (χ2n) is 7.49. The van der Waals surface area contributed by atoms with Crippen LogP contribution in [0.3, 0.4) is 0 Å². The zero-order valence-corrected chi connectivity index (χ0v) is 16.6. The molecular weight excluding hydrogens is 396 g/mol. The van der Waals surface area contributed by atoms with Crippen molar-refractivity contribution in [3.05, 3.63) is 110 Å². The van der Waals surface area contributed by atoms with Crippen LogP contribution in [0.25, 0.3) is 11.0 Å². The number of hydrogen-bond donors (Lipinski definition) is 1. The standard InChI is InChI=1S/C24H18N2O5/c1-14-10-11-20-16(12-14)17(13-22(27)30-20)24-23(15-6-2-4-8-19(15)26(28)29)25-18-7-3-5-9-21(18)31-24/h2-13,23-25H,1H3/t23-,24+/m0/s1. The molecule has 1 aromatic heterocycles. The number of rotatable bonds is 3. The van der Waals surface area contributed by atoms with Crippen LogP contribution in [0, 0.1) is 17.0 Å². The average molecular weight is 414 g/mol. The van der Waals surface area contributed by atoms with Gasteiger partial charge in [-0.25, -0.2) is 4.79 Å². The molecule has 3 aromatic carbocycles. The van der Waals surface area contributed by atoms with E-state index in [1.807, 2.05) is 43.3 Å². The summed E-state index contributed by atoms with van der Waals surface area (Å²) in [4.78, 5) is 23.7. The maximum atomic E-state index is 12.3. The molecule has 154 valence electrons. The van der Waals surface area contributed by atoms with Crippen molar-refractivity contribution >= 4 is 22.3 Å². The van der Waals surface area contributed by atoms with Gasteiger partial charge in [0.1, 0.15) is 17.4 Å². The van der Waals surface area contributed by atoms with Crippen LogP contribution in [0.2, 0.25) is 0 Å². The molecule has 31 heavy (non-hydrogen) atoms. The molecule has 0 spiro atoms. The zero-order chi connectivity index (χ0) is 21.5. The lowest BCUT2D eigenvalue weighted by Gasteiger charge is -2.35. The van der Waals surface area contributed by atoms with Gasteiger partial charge in [0.15, 0.2) is 0 Å².